The molecule has 0 aromatic rings. The molecule has 2 N–H and O–H groups in total. The van der Waals surface area contributed by atoms with Crippen molar-refractivity contribution < 1.29 is 10.2 Å². The first-order valence-electron chi connectivity index (χ1n) is 10.1. The molecule has 0 heterocycles. The van der Waals surface area contributed by atoms with E-state index in [-0.39, 0.29) is 12.2 Å². The van der Waals surface area contributed by atoms with E-state index in [9.17, 15) is 10.2 Å². The van der Waals surface area contributed by atoms with Gasteiger partial charge >= 0.3 is 0 Å². The number of hydrogen-bond donors (Lipinski definition) is 2. The summed E-state index contributed by atoms with van der Waals surface area (Å²) < 4.78 is 0. The molecule has 0 aromatic carbocycles. The van der Waals surface area contributed by atoms with Crippen LogP contribution in [0.1, 0.15) is 117 Å². The smallest absolute Gasteiger partial charge is 0.0540 e. The van der Waals surface area contributed by atoms with Gasteiger partial charge in [0.25, 0.3) is 0 Å². The molecule has 0 saturated heterocycles. The first kappa shape index (κ1) is 21.9. The molecule has 0 aliphatic carbocycles. The molecule has 2 unspecified atom stereocenters. The van der Waals surface area contributed by atoms with Crippen LogP contribution in [-0.2, 0) is 0 Å². The summed E-state index contributed by atoms with van der Waals surface area (Å²) in [5, 5.41) is 19.8. The van der Waals surface area contributed by atoms with Crippen LogP contribution >= 0.6 is 0 Å². The van der Waals surface area contributed by atoms with Crippen LogP contribution < -0.4 is 0 Å². The quantitative estimate of drug-likeness (QED) is 0.324. The van der Waals surface area contributed by atoms with Gasteiger partial charge in [-0.25, -0.2) is 0 Å². The molecule has 0 saturated carbocycles. The second-order valence-electron chi connectivity index (χ2n) is 7.00. The van der Waals surface area contributed by atoms with Gasteiger partial charge in [0.1, 0.15) is 0 Å². The Morgan fingerprint density at radius 2 is 0.727 bits per heavy atom. The van der Waals surface area contributed by atoms with Crippen molar-refractivity contribution in [2.75, 3.05) is 0 Å². The highest BCUT2D eigenvalue weighted by Crippen LogP contribution is 2.15. The van der Waals surface area contributed by atoms with Gasteiger partial charge in [0.2, 0.25) is 0 Å². The normalized spacial score (nSPS) is 14.2. The molecule has 0 spiro atoms. The maximum Gasteiger partial charge on any atom is 0.0540 e. The highest BCUT2D eigenvalue weighted by Gasteiger charge is 2.06. The Morgan fingerprint density at radius 3 is 1.09 bits per heavy atom. The van der Waals surface area contributed by atoms with Gasteiger partial charge in [0.15, 0.2) is 0 Å². The molecule has 0 aliphatic heterocycles. The van der Waals surface area contributed by atoms with Crippen LogP contribution in [0.3, 0.4) is 0 Å². The van der Waals surface area contributed by atoms with E-state index in [1.165, 1.54) is 57.8 Å². The van der Waals surface area contributed by atoms with E-state index in [1.807, 2.05) is 0 Å². The third-order valence-corrected chi connectivity index (χ3v) is 4.61. The zero-order valence-corrected chi connectivity index (χ0v) is 15.4. The van der Waals surface area contributed by atoms with Crippen LogP contribution in [-0.4, -0.2) is 22.4 Å². The summed E-state index contributed by atoms with van der Waals surface area (Å²) in [5.74, 6) is 0. The van der Waals surface area contributed by atoms with Gasteiger partial charge < -0.3 is 10.2 Å². The van der Waals surface area contributed by atoms with Gasteiger partial charge in [0.05, 0.1) is 12.2 Å². The Balaban J connectivity index is 3.26. The molecule has 2 atom stereocenters. The average molecular weight is 315 g/mol. The van der Waals surface area contributed by atoms with Crippen LogP contribution in [0.4, 0.5) is 0 Å². The molecule has 22 heavy (non-hydrogen) atoms. The second kappa shape index (κ2) is 17.3. The lowest BCUT2D eigenvalue weighted by Crippen LogP contribution is -2.07. The summed E-state index contributed by atoms with van der Waals surface area (Å²) in [6, 6.07) is 0. The van der Waals surface area contributed by atoms with E-state index < -0.39 is 0 Å². The van der Waals surface area contributed by atoms with Gasteiger partial charge in [0, 0.05) is 0 Å². The highest BCUT2D eigenvalue weighted by molar-refractivity contribution is 4.60. The lowest BCUT2D eigenvalue weighted by molar-refractivity contribution is 0.139. The first-order valence-corrected chi connectivity index (χ1v) is 10.1. The number of unbranched alkanes of at least 4 members (excludes halogenated alkanes) is 9. The SMILES string of the molecule is CCCCCCCC(O)CCCCCC(O)CCCCCC. The number of rotatable bonds is 17. The summed E-state index contributed by atoms with van der Waals surface area (Å²) >= 11 is 0. The standard InChI is InChI=1S/C20H42O2/c1-3-5-7-9-12-16-20(22)18-14-10-13-17-19(21)15-11-8-6-4-2/h19-22H,3-18H2,1-2H3. The molecule has 2 heteroatoms. The van der Waals surface area contributed by atoms with Crippen LogP contribution in [0.2, 0.25) is 0 Å². The van der Waals surface area contributed by atoms with Crippen molar-refractivity contribution in [2.45, 2.75) is 129 Å². The predicted octanol–water partition coefficient (Wildman–Crippen LogP) is 5.99. The van der Waals surface area contributed by atoms with Crippen molar-refractivity contribution in [3.05, 3.63) is 0 Å². The van der Waals surface area contributed by atoms with Crippen molar-refractivity contribution in [3.8, 4) is 0 Å². The first-order chi connectivity index (χ1) is 10.7. The van der Waals surface area contributed by atoms with E-state index in [4.69, 9.17) is 0 Å². The molecular formula is C20H42O2. The number of hydrogen-bond acceptors (Lipinski definition) is 2. The van der Waals surface area contributed by atoms with Crippen molar-refractivity contribution in [1.82, 2.24) is 0 Å². The highest BCUT2D eigenvalue weighted by atomic mass is 16.3. The third kappa shape index (κ3) is 16.3. The van der Waals surface area contributed by atoms with Crippen molar-refractivity contribution in [2.24, 2.45) is 0 Å². The molecule has 0 fully saturated rings. The fraction of sp³-hybridized carbons (Fsp3) is 1.00. The van der Waals surface area contributed by atoms with Crippen LogP contribution in [0.15, 0.2) is 0 Å². The van der Waals surface area contributed by atoms with Crippen LogP contribution in [0.5, 0.6) is 0 Å². The topological polar surface area (TPSA) is 40.5 Å². The minimum Gasteiger partial charge on any atom is -0.393 e. The number of aliphatic hydroxyl groups is 2. The van der Waals surface area contributed by atoms with Crippen LogP contribution in [0.25, 0.3) is 0 Å². The monoisotopic (exact) mass is 314 g/mol. The Kier molecular flexibility index (Phi) is 17.2. The second-order valence-corrected chi connectivity index (χ2v) is 7.00. The van der Waals surface area contributed by atoms with E-state index >= 15 is 0 Å². The molecule has 0 radical (unpaired) electrons. The summed E-state index contributed by atoms with van der Waals surface area (Å²) in [4.78, 5) is 0. The van der Waals surface area contributed by atoms with Gasteiger partial charge in [-0.15, -0.1) is 0 Å². The predicted molar refractivity (Wildman–Crippen MR) is 97.2 cm³/mol. The van der Waals surface area contributed by atoms with Crippen molar-refractivity contribution in [1.29, 1.82) is 0 Å². The maximum atomic E-state index is 9.93. The van der Waals surface area contributed by atoms with Gasteiger partial charge in [-0.1, -0.05) is 90.9 Å². The Morgan fingerprint density at radius 1 is 0.455 bits per heavy atom. The van der Waals surface area contributed by atoms with Gasteiger partial charge in [-0.3, -0.25) is 0 Å². The third-order valence-electron chi connectivity index (χ3n) is 4.61. The lowest BCUT2D eigenvalue weighted by atomic mass is 10.0. The lowest BCUT2D eigenvalue weighted by Gasteiger charge is -2.12. The Bertz CT molecular complexity index is 206. The molecular weight excluding hydrogens is 272 g/mol. The van der Waals surface area contributed by atoms with Crippen LogP contribution in [0, 0.1) is 0 Å². The zero-order chi connectivity index (χ0) is 16.5. The van der Waals surface area contributed by atoms with E-state index in [0.717, 1.165) is 44.9 Å². The average Bonchev–Trinajstić information content (AvgIpc) is 2.51. The number of aliphatic hydroxyl groups excluding tert-OH is 2. The summed E-state index contributed by atoms with van der Waals surface area (Å²) in [6.45, 7) is 4.45. The summed E-state index contributed by atoms with van der Waals surface area (Å²) in [7, 11) is 0. The van der Waals surface area contributed by atoms with E-state index in [1.54, 1.807) is 0 Å². The van der Waals surface area contributed by atoms with Crippen molar-refractivity contribution >= 4 is 0 Å². The van der Waals surface area contributed by atoms with Gasteiger partial charge in [-0.05, 0) is 25.7 Å². The van der Waals surface area contributed by atoms with Gasteiger partial charge in [-0.2, -0.15) is 0 Å². The molecule has 2 nitrogen and oxygen atoms in total. The molecule has 0 bridgehead atoms. The fourth-order valence-corrected chi connectivity index (χ4v) is 3.02. The molecule has 0 aromatic heterocycles. The largest absolute Gasteiger partial charge is 0.393 e. The Hall–Kier alpha value is -0.0800. The molecule has 134 valence electrons. The summed E-state index contributed by atoms with van der Waals surface area (Å²) in [6.07, 6.45) is 18.4. The molecule has 0 aliphatic rings. The molecule has 0 rings (SSSR count). The van der Waals surface area contributed by atoms with E-state index in [0.29, 0.717) is 0 Å². The Labute approximate surface area is 139 Å². The zero-order valence-electron chi connectivity index (χ0n) is 15.4. The fourth-order valence-electron chi connectivity index (χ4n) is 3.02. The van der Waals surface area contributed by atoms with E-state index in [2.05, 4.69) is 13.8 Å². The maximum absolute atomic E-state index is 9.93. The summed E-state index contributed by atoms with van der Waals surface area (Å²) in [5.41, 5.74) is 0. The van der Waals surface area contributed by atoms with Crippen molar-refractivity contribution in [3.63, 3.8) is 0 Å². The molecule has 0 amide bonds. The minimum absolute atomic E-state index is 0.0967. The minimum atomic E-state index is -0.0969.